The van der Waals surface area contributed by atoms with E-state index in [2.05, 4.69) is 6.92 Å². The van der Waals surface area contributed by atoms with Gasteiger partial charge in [-0.05, 0) is 13.3 Å². The average Bonchev–Trinajstić information content (AvgIpc) is 2.33. The first-order valence-electron chi connectivity index (χ1n) is 6.30. The van der Waals surface area contributed by atoms with Gasteiger partial charge in [0, 0.05) is 27.2 Å². The molecule has 0 aromatic heterocycles. The molecule has 17 heavy (non-hydrogen) atoms. The molecular formula is C13H22N2O2. The lowest BCUT2D eigenvalue weighted by molar-refractivity contribution is 0.702. The average molecular weight is 238 g/mol. The summed E-state index contributed by atoms with van der Waals surface area (Å²) in [5.74, 6) is 0. The van der Waals surface area contributed by atoms with Gasteiger partial charge in [-0.3, -0.25) is 9.59 Å². The summed E-state index contributed by atoms with van der Waals surface area (Å²) >= 11 is 0. The van der Waals surface area contributed by atoms with Crippen molar-refractivity contribution in [3.8, 4) is 0 Å². The van der Waals surface area contributed by atoms with E-state index in [9.17, 15) is 9.59 Å². The van der Waals surface area contributed by atoms with Crippen LogP contribution in [-0.2, 0) is 0 Å². The molecule has 0 aliphatic heterocycles. The van der Waals surface area contributed by atoms with Crippen molar-refractivity contribution >= 4 is 11.4 Å². The Hall–Kier alpha value is -1.32. The van der Waals surface area contributed by atoms with E-state index in [0.717, 1.165) is 32.4 Å². The predicted molar refractivity (Wildman–Crippen MR) is 73.1 cm³/mol. The van der Waals surface area contributed by atoms with Crippen LogP contribution in [0.4, 0.5) is 11.4 Å². The summed E-state index contributed by atoms with van der Waals surface area (Å²) in [7, 11) is 3.73. The number of nitrogens with zero attached hydrogens (tertiary/aromatic N) is 2. The van der Waals surface area contributed by atoms with Crippen molar-refractivity contribution in [2.75, 3.05) is 37.0 Å². The molecule has 0 bridgehead atoms. The Bertz CT molecular complexity index is 433. The highest BCUT2D eigenvalue weighted by atomic mass is 16.2. The minimum atomic E-state index is -0.341. The number of anilines is 2. The lowest BCUT2D eigenvalue weighted by Crippen LogP contribution is -2.44. The minimum absolute atomic E-state index is 0.334. The van der Waals surface area contributed by atoms with Crippen molar-refractivity contribution in [2.45, 2.75) is 33.1 Å². The van der Waals surface area contributed by atoms with Crippen molar-refractivity contribution in [1.82, 2.24) is 0 Å². The van der Waals surface area contributed by atoms with E-state index in [1.807, 2.05) is 30.8 Å². The zero-order chi connectivity index (χ0) is 13.0. The fourth-order valence-corrected chi connectivity index (χ4v) is 1.94. The van der Waals surface area contributed by atoms with Crippen LogP contribution in [0, 0.1) is 0 Å². The Morgan fingerprint density at radius 2 is 1.41 bits per heavy atom. The highest BCUT2D eigenvalue weighted by Gasteiger charge is 2.25. The van der Waals surface area contributed by atoms with E-state index in [1.54, 1.807) is 0 Å². The first-order valence-corrected chi connectivity index (χ1v) is 6.30. The first-order chi connectivity index (χ1) is 8.04. The first kappa shape index (κ1) is 13.7. The third-order valence-electron chi connectivity index (χ3n) is 3.20. The molecule has 1 rings (SSSR count). The fraction of sp³-hybridized carbons (Fsp3) is 0.692. The zero-order valence-electron chi connectivity index (χ0n) is 11.2. The zero-order valence-corrected chi connectivity index (χ0v) is 11.2. The van der Waals surface area contributed by atoms with Gasteiger partial charge < -0.3 is 9.80 Å². The molecule has 1 aromatic rings. The molecule has 0 amide bonds. The summed E-state index contributed by atoms with van der Waals surface area (Å²) in [6, 6.07) is 0. The SMILES string of the molecule is CCCCCN(C)c1c(N(C)CC)c(=O)c1=O. The van der Waals surface area contributed by atoms with Crippen molar-refractivity contribution < 1.29 is 0 Å². The molecule has 0 atom stereocenters. The molecule has 0 saturated carbocycles. The monoisotopic (exact) mass is 238 g/mol. The molecule has 1 aromatic carbocycles. The summed E-state index contributed by atoms with van der Waals surface area (Å²) in [5.41, 5.74) is 0.498. The lowest BCUT2D eigenvalue weighted by Gasteiger charge is -2.27. The second-order valence-electron chi connectivity index (χ2n) is 4.50. The number of unbranched alkanes of at least 4 members (excludes halogenated alkanes) is 2. The molecule has 4 heteroatoms. The van der Waals surface area contributed by atoms with Crippen LogP contribution in [0.2, 0.25) is 0 Å². The minimum Gasteiger partial charge on any atom is -0.370 e. The van der Waals surface area contributed by atoms with Crippen molar-refractivity contribution in [1.29, 1.82) is 0 Å². The van der Waals surface area contributed by atoms with Gasteiger partial charge in [0.1, 0.15) is 11.4 Å². The molecule has 0 aliphatic carbocycles. The van der Waals surface area contributed by atoms with Gasteiger partial charge in [-0.1, -0.05) is 19.8 Å². The van der Waals surface area contributed by atoms with Gasteiger partial charge >= 0.3 is 0 Å². The van der Waals surface area contributed by atoms with E-state index in [4.69, 9.17) is 0 Å². The molecule has 0 spiro atoms. The maximum absolute atomic E-state index is 11.6. The Labute approximate surface area is 103 Å². The van der Waals surface area contributed by atoms with Crippen LogP contribution in [0.1, 0.15) is 33.1 Å². The Morgan fingerprint density at radius 1 is 0.882 bits per heavy atom. The summed E-state index contributed by atoms with van der Waals surface area (Å²) in [5, 5.41) is 0. The second kappa shape index (κ2) is 5.84. The summed E-state index contributed by atoms with van der Waals surface area (Å²) < 4.78 is 0. The van der Waals surface area contributed by atoms with Crippen LogP contribution in [0.5, 0.6) is 0 Å². The molecular weight excluding hydrogens is 216 g/mol. The maximum atomic E-state index is 11.6. The summed E-state index contributed by atoms with van der Waals surface area (Å²) in [6.45, 7) is 5.69. The molecule has 0 aliphatic rings. The third kappa shape index (κ3) is 2.68. The Kier molecular flexibility index (Phi) is 4.73. The van der Waals surface area contributed by atoms with Gasteiger partial charge in [-0.15, -0.1) is 0 Å². The topological polar surface area (TPSA) is 40.6 Å². The van der Waals surface area contributed by atoms with Crippen molar-refractivity contribution in [3.05, 3.63) is 20.4 Å². The highest BCUT2D eigenvalue weighted by Crippen LogP contribution is 2.22. The highest BCUT2D eigenvalue weighted by molar-refractivity contribution is 5.75. The van der Waals surface area contributed by atoms with Gasteiger partial charge in [0.25, 0.3) is 10.9 Å². The standard InChI is InChI=1S/C13H22N2O2/c1-5-7-8-9-15(4)11-10(14(3)6-2)12(16)13(11)17/h5-9H2,1-4H3. The van der Waals surface area contributed by atoms with E-state index >= 15 is 0 Å². The summed E-state index contributed by atoms with van der Waals surface area (Å²) in [4.78, 5) is 26.9. The van der Waals surface area contributed by atoms with Gasteiger partial charge in [0.15, 0.2) is 0 Å². The van der Waals surface area contributed by atoms with Gasteiger partial charge in [0.05, 0.1) is 0 Å². The van der Waals surface area contributed by atoms with Crippen LogP contribution in [0.15, 0.2) is 9.59 Å². The van der Waals surface area contributed by atoms with Crippen LogP contribution >= 0.6 is 0 Å². The van der Waals surface area contributed by atoms with Gasteiger partial charge in [-0.2, -0.15) is 0 Å². The second-order valence-corrected chi connectivity index (χ2v) is 4.50. The van der Waals surface area contributed by atoms with Crippen molar-refractivity contribution in [3.63, 3.8) is 0 Å². The Morgan fingerprint density at radius 3 is 1.88 bits per heavy atom. The van der Waals surface area contributed by atoms with E-state index in [-0.39, 0.29) is 10.9 Å². The van der Waals surface area contributed by atoms with E-state index in [1.165, 1.54) is 0 Å². The van der Waals surface area contributed by atoms with E-state index in [0.29, 0.717) is 11.4 Å². The largest absolute Gasteiger partial charge is 0.370 e. The molecule has 4 nitrogen and oxygen atoms in total. The fourth-order valence-electron chi connectivity index (χ4n) is 1.94. The molecule has 0 N–H and O–H groups in total. The maximum Gasteiger partial charge on any atom is 0.253 e. The normalized spacial score (nSPS) is 10.8. The molecule has 0 fully saturated rings. The van der Waals surface area contributed by atoms with Crippen LogP contribution in [0.25, 0.3) is 0 Å². The molecule has 96 valence electrons. The van der Waals surface area contributed by atoms with Crippen molar-refractivity contribution in [2.24, 2.45) is 0 Å². The molecule has 0 heterocycles. The van der Waals surface area contributed by atoms with E-state index < -0.39 is 0 Å². The van der Waals surface area contributed by atoms with Gasteiger partial charge in [0.2, 0.25) is 0 Å². The van der Waals surface area contributed by atoms with Crippen LogP contribution in [0.3, 0.4) is 0 Å². The number of hydrogen-bond acceptors (Lipinski definition) is 4. The number of rotatable bonds is 7. The quantitative estimate of drug-likeness (QED) is 0.531. The molecule has 0 unspecified atom stereocenters. The third-order valence-corrected chi connectivity index (χ3v) is 3.20. The predicted octanol–water partition coefficient (Wildman–Crippen LogP) is 1.37. The van der Waals surface area contributed by atoms with Crippen LogP contribution < -0.4 is 20.7 Å². The molecule has 0 radical (unpaired) electrons. The van der Waals surface area contributed by atoms with Crippen LogP contribution in [-0.4, -0.2) is 27.2 Å². The smallest absolute Gasteiger partial charge is 0.253 e. The number of hydrogen-bond donors (Lipinski definition) is 0. The summed E-state index contributed by atoms with van der Waals surface area (Å²) in [6.07, 6.45) is 3.36. The Balaban J connectivity index is 2.80. The lowest BCUT2D eigenvalue weighted by atomic mass is 10.1. The molecule has 0 saturated heterocycles. The van der Waals surface area contributed by atoms with Gasteiger partial charge in [-0.25, -0.2) is 0 Å².